The van der Waals surface area contributed by atoms with E-state index in [9.17, 15) is 14.7 Å². The second-order valence-electron chi connectivity index (χ2n) is 10.8. The van der Waals surface area contributed by atoms with Gasteiger partial charge < -0.3 is 10.0 Å². The second-order valence-corrected chi connectivity index (χ2v) is 10.8. The number of likely N-dealkylation sites (tertiary alicyclic amines) is 1. The van der Waals surface area contributed by atoms with Gasteiger partial charge in [-0.3, -0.25) is 9.59 Å². The summed E-state index contributed by atoms with van der Waals surface area (Å²) in [4.78, 5) is 28.3. The zero-order valence-corrected chi connectivity index (χ0v) is 20.8. The van der Waals surface area contributed by atoms with Crippen LogP contribution < -0.4 is 0 Å². The van der Waals surface area contributed by atoms with Crippen molar-refractivity contribution in [3.8, 4) is 5.75 Å². The van der Waals surface area contributed by atoms with Crippen LogP contribution in [0.15, 0.2) is 72.8 Å². The molecule has 1 aliphatic carbocycles. The minimum absolute atomic E-state index is 0.00715. The lowest BCUT2D eigenvalue weighted by atomic mass is 9.51. The predicted molar refractivity (Wildman–Crippen MR) is 138 cm³/mol. The number of carbonyl (C=O) groups excluding carboxylic acids is 2. The molecule has 2 bridgehead atoms. The van der Waals surface area contributed by atoms with E-state index in [1.165, 1.54) is 5.56 Å². The van der Waals surface area contributed by atoms with Crippen molar-refractivity contribution in [2.75, 3.05) is 6.54 Å². The van der Waals surface area contributed by atoms with Gasteiger partial charge in [-0.05, 0) is 59.6 Å². The third-order valence-corrected chi connectivity index (χ3v) is 8.83. The fraction of sp³-hybridized carbons (Fsp3) is 0.355. The van der Waals surface area contributed by atoms with Gasteiger partial charge in [-0.25, -0.2) is 0 Å². The van der Waals surface area contributed by atoms with Crippen molar-refractivity contribution in [3.05, 3.63) is 101 Å². The molecule has 1 amide bonds. The van der Waals surface area contributed by atoms with Gasteiger partial charge in [0, 0.05) is 35.5 Å². The molecule has 1 saturated heterocycles. The van der Waals surface area contributed by atoms with Crippen LogP contribution in [0, 0.1) is 5.41 Å². The number of carbonyl (C=O) groups is 2. The van der Waals surface area contributed by atoms with Gasteiger partial charge in [-0.2, -0.15) is 0 Å². The van der Waals surface area contributed by atoms with Crippen molar-refractivity contribution in [1.82, 2.24) is 4.90 Å². The van der Waals surface area contributed by atoms with Crippen LogP contribution in [0.25, 0.3) is 0 Å². The van der Waals surface area contributed by atoms with E-state index >= 15 is 0 Å². The van der Waals surface area contributed by atoms with Crippen LogP contribution in [0.3, 0.4) is 0 Å². The standard InChI is InChI=1S/C31H33NO3/c1-30(2)28-20-24-25(10-7-11-27(24)34)31(30,3)18-19-32(28)29(35)23-15-13-22(14-16-23)26(33)17-12-21-8-5-4-6-9-21/h4-11,13-16,28,34H,12,17-20H2,1-3H3/t28-,31-/m0/s1. The van der Waals surface area contributed by atoms with Gasteiger partial charge in [0.2, 0.25) is 0 Å². The molecule has 1 heterocycles. The predicted octanol–water partition coefficient (Wildman–Crippen LogP) is 5.96. The Bertz CT molecular complexity index is 1260. The Hall–Kier alpha value is -3.40. The van der Waals surface area contributed by atoms with Crippen molar-refractivity contribution < 1.29 is 14.7 Å². The van der Waals surface area contributed by atoms with Gasteiger partial charge in [-0.15, -0.1) is 0 Å². The quantitative estimate of drug-likeness (QED) is 0.471. The summed E-state index contributed by atoms with van der Waals surface area (Å²) in [5.41, 5.74) is 4.31. The Labute approximate surface area is 207 Å². The highest BCUT2D eigenvalue weighted by atomic mass is 16.3. The zero-order valence-electron chi connectivity index (χ0n) is 20.8. The van der Waals surface area contributed by atoms with Crippen molar-refractivity contribution in [2.24, 2.45) is 5.41 Å². The van der Waals surface area contributed by atoms with Crippen molar-refractivity contribution in [1.29, 1.82) is 0 Å². The number of amides is 1. The maximum atomic E-state index is 13.7. The summed E-state index contributed by atoms with van der Waals surface area (Å²) in [5.74, 6) is 0.399. The lowest BCUT2D eigenvalue weighted by Gasteiger charge is -2.60. The summed E-state index contributed by atoms with van der Waals surface area (Å²) in [6.45, 7) is 7.45. The van der Waals surface area contributed by atoms with Crippen LogP contribution in [0.2, 0.25) is 0 Å². The topological polar surface area (TPSA) is 57.6 Å². The molecule has 0 aromatic heterocycles. The van der Waals surface area contributed by atoms with E-state index in [-0.39, 0.29) is 28.6 Å². The lowest BCUT2D eigenvalue weighted by Crippen LogP contribution is -2.64. The third-order valence-electron chi connectivity index (χ3n) is 8.83. The van der Waals surface area contributed by atoms with Gasteiger partial charge in [0.1, 0.15) is 5.75 Å². The summed E-state index contributed by atoms with van der Waals surface area (Å²) in [6.07, 6.45) is 2.64. The Morgan fingerprint density at radius 2 is 1.60 bits per heavy atom. The van der Waals surface area contributed by atoms with E-state index in [0.717, 1.165) is 17.5 Å². The van der Waals surface area contributed by atoms with Crippen LogP contribution in [0.5, 0.6) is 5.75 Å². The van der Waals surface area contributed by atoms with Crippen LogP contribution in [-0.2, 0) is 18.3 Å². The first-order valence-corrected chi connectivity index (χ1v) is 12.5. The summed E-state index contributed by atoms with van der Waals surface area (Å²) in [5, 5.41) is 10.6. The maximum absolute atomic E-state index is 13.7. The van der Waals surface area contributed by atoms with Gasteiger partial charge >= 0.3 is 0 Å². The molecule has 3 aromatic rings. The van der Waals surface area contributed by atoms with E-state index in [4.69, 9.17) is 0 Å². The highest BCUT2D eigenvalue weighted by Crippen LogP contribution is 2.57. The van der Waals surface area contributed by atoms with E-state index in [1.54, 1.807) is 30.3 Å². The molecule has 1 aliphatic heterocycles. The normalized spacial score (nSPS) is 22.4. The van der Waals surface area contributed by atoms with Crippen molar-refractivity contribution in [2.45, 2.75) is 57.9 Å². The summed E-state index contributed by atoms with van der Waals surface area (Å²) >= 11 is 0. The fourth-order valence-electron chi connectivity index (χ4n) is 6.18. The molecule has 0 radical (unpaired) electrons. The maximum Gasteiger partial charge on any atom is 0.254 e. The van der Waals surface area contributed by atoms with Crippen LogP contribution in [-0.4, -0.2) is 34.3 Å². The number of aryl methyl sites for hydroxylation is 1. The van der Waals surface area contributed by atoms with Crippen molar-refractivity contribution in [3.63, 3.8) is 0 Å². The van der Waals surface area contributed by atoms with Crippen LogP contribution in [0.4, 0.5) is 0 Å². The highest BCUT2D eigenvalue weighted by Gasteiger charge is 2.57. The number of hydrogen-bond acceptors (Lipinski definition) is 3. The number of phenolic OH excluding ortho intramolecular Hbond substituents is 1. The molecule has 35 heavy (non-hydrogen) atoms. The molecule has 2 atom stereocenters. The average molecular weight is 468 g/mol. The molecule has 4 nitrogen and oxygen atoms in total. The molecule has 0 saturated carbocycles. The summed E-state index contributed by atoms with van der Waals surface area (Å²) in [6, 6.07) is 22.9. The monoisotopic (exact) mass is 467 g/mol. The summed E-state index contributed by atoms with van der Waals surface area (Å²) in [7, 11) is 0. The number of hydrogen-bond donors (Lipinski definition) is 1. The van der Waals surface area contributed by atoms with Gasteiger partial charge in [0.25, 0.3) is 5.91 Å². The molecule has 4 heteroatoms. The largest absolute Gasteiger partial charge is 0.508 e. The van der Waals surface area contributed by atoms with E-state index in [0.29, 0.717) is 42.7 Å². The number of Topliss-reactive ketones (excluding diaryl/α,β-unsaturated/α-hetero) is 1. The van der Waals surface area contributed by atoms with Crippen LogP contribution >= 0.6 is 0 Å². The molecule has 1 N–H and O–H groups in total. The molecule has 0 spiro atoms. The van der Waals surface area contributed by atoms with E-state index in [1.807, 2.05) is 41.3 Å². The molecule has 5 rings (SSSR count). The molecular weight excluding hydrogens is 434 g/mol. The average Bonchev–Trinajstić information content (AvgIpc) is 2.85. The third kappa shape index (κ3) is 3.85. The lowest BCUT2D eigenvalue weighted by molar-refractivity contribution is -0.0266. The Kier molecular flexibility index (Phi) is 5.79. The molecule has 1 fully saturated rings. The second kappa shape index (κ2) is 8.67. The van der Waals surface area contributed by atoms with E-state index in [2.05, 4.69) is 26.8 Å². The first kappa shape index (κ1) is 23.3. The van der Waals surface area contributed by atoms with Gasteiger partial charge in [0.15, 0.2) is 5.78 Å². The smallest absolute Gasteiger partial charge is 0.254 e. The molecule has 2 aliphatic rings. The van der Waals surface area contributed by atoms with Gasteiger partial charge in [0.05, 0.1) is 0 Å². The number of aromatic hydroxyl groups is 1. The number of benzene rings is 3. The fourth-order valence-corrected chi connectivity index (χ4v) is 6.18. The number of rotatable bonds is 5. The van der Waals surface area contributed by atoms with Crippen molar-refractivity contribution >= 4 is 11.7 Å². The number of piperidine rings is 1. The summed E-state index contributed by atoms with van der Waals surface area (Å²) < 4.78 is 0. The molecule has 0 unspecified atom stereocenters. The molecule has 180 valence electrons. The van der Waals surface area contributed by atoms with Crippen LogP contribution in [0.1, 0.15) is 71.0 Å². The Balaban J connectivity index is 1.35. The Morgan fingerprint density at radius 3 is 2.31 bits per heavy atom. The SMILES string of the molecule is CC1(C)[C@@H]2Cc3c(O)cccc3[C@]1(C)CCN2C(=O)c1ccc(C(=O)CCc2ccccc2)cc1. The highest BCUT2D eigenvalue weighted by molar-refractivity contribution is 5.99. The first-order chi connectivity index (χ1) is 16.7. The first-order valence-electron chi connectivity index (χ1n) is 12.5. The number of nitrogens with zero attached hydrogens (tertiary/aromatic N) is 1. The molecular formula is C31H33NO3. The minimum atomic E-state index is -0.144. The zero-order chi connectivity index (χ0) is 24.8. The minimum Gasteiger partial charge on any atom is -0.508 e. The number of phenols is 1. The molecule has 3 aromatic carbocycles. The number of fused-ring (bicyclic) bond motifs is 4. The Morgan fingerprint density at radius 1 is 0.914 bits per heavy atom. The van der Waals surface area contributed by atoms with E-state index < -0.39 is 0 Å². The number of ketones is 1. The van der Waals surface area contributed by atoms with Gasteiger partial charge in [-0.1, -0.05) is 75.4 Å².